The molecule has 0 unspecified atom stereocenters. The number of carboxylic acid groups (broad SMARTS) is 1. The molecule has 0 saturated carbocycles. The first-order chi connectivity index (χ1) is 7.25. The molecule has 15 heavy (non-hydrogen) atoms. The lowest BCUT2D eigenvalue weighted by atomic mass is 10.3. The number of amides is 1. The first kappa shape index (κ1) is 9.20. The normalized spacial score (nSPS) is 9.87. The van der Waals surface area contributed by atoms with Gasteiger partial charge in [0, 0.05) is 6.20 Å². The number of nitrogens with one attached hydrogen (secondary N) is 2. The lowest BCUT2D eigenvalue weighted by Gasteiger charge is -1.95. The summed E-state index contributed by atoms with van der Waals surface area (Å²) in [6.07, 6.45) is 2.02. The largest absolute Gasteiger partial charge is 0.465 e. The number of H-pyrrole nitrogens is 1. The average molecular weight is 204 g/mol. The van der Waals surface area contributed by atoms with Gasteiger partial charge in [-0.05, 0) is 12.1 Å². The number of carbonyl (C=O) groups is 1. The predicted octanol–water partition coefficient (Wildman–Crippen LogP) is 1.56. The Labute approximate surface area is 85.0 Å². The van der Waals surface area contributed by atoms with E-state index in [1.54, 1.807) is 18.3 Å². The second-order valence-electron chi connectivity index (χ2n) is 2.79. The summed E-state index contributed by atoms with van der Waals surface area (Å²) in [6, 6.07) is 5.45. The van der Waals surface area contributed by atoms with Crippen LogP contribution in [0.15, 0.2) is 30.6 Å². The summed E-state index contributed by atoms with van der Waals surface area (Å²) in [5.74, 6) is 0.183. The van der Waals surface area contributed by atoms with Gasteiger partial charge in [0.05, 0.1) is 17.6 Å². The molecular formula is C9H8N4O2. The lowest BCUT2D eigenvalue weighted by molar-refractivity contribution is 0.209. The summed E-state index contributed by atoms with van der Waals surface area (Å²) in [4.78, 5) is 21.1. The van der Waals surface area contributed by atoms with Crippen molar-refractivity contribution < 1.29 is 9.90 Å². The minimum absolute atomic E-state index is 0.183. The van der Waals surface area contributed by atoms with Crippen LogP contribution in [0.1, 0.15) is 0 Å². The molecule has 0 aromatic carbocycles. The summed E-state index contributed by atoms with van der Waals surface area (Å²) in [5, 5.41) is 10.6. The zero-order chi connectivity index (χ0) is 10.7. The average Bonchev–Trinajstić information content (AvgIpc) is 2.67. The number of anilines is 1. The summed E-state index contributed by atoms with van der Waals surface area (Å²) in [6.45, 7) is 0. The maximum Gasteiger partial charge on any atom is 0.411 e. The van der Waals surface area contributed by atoms with E-state index < -0.39 is 6.09 Å². The van der Waals surface area contributed by atoms with Gasteiger partial charge in [0.15, 0.2) is 0 Å². The quantitative estimate of drug-likeness (QED) is 0.692. The number of imidazole rings is 1. The van der Waals surface area contributed by atoms with Crippen LogP contribution in [0.2, 0.25) is 0 Å². The van der Waals surface area contributed by atoms with Crippen molar-refractivity contribution in [3.63, 3.8) is 0 Å². The molecule has 3 N–H and O–H groups in total. The van der Waals surface area contributed by atoms with Crippen molar-refractivity contribution in [2.75, 3.05) is 5.32 Å². The first-order valence-electron chi connectivity index (χ1n) is 4.22. The van der Waals surface area contributed by atoms with Gasteiger partial charge in [-0.15, -0.1) is 0 Å². The standard InChI is InChI=1S/C9H8N4O2/c14-9(15)13-8-11-5-7(12-8)6-3-1-2-4-10-6/h1-5H,(H,14,15)(H2,11,12,13). The minimum Gasteiger partial charge on any atom is -0.465 e. The van der Waals surface area contributed by atoms with Crippen LogP contribution in [0.4, 0.5) is 10.7 Å². The highest BCUT2D eigenvalue weighted by molar-refractivity contribution is 5.80. The van der Waals surface area contributed by atoms with Gasteiger partial charge in [-0.3, -0.25) is 10.3 Å². The lowest BCUT2D eigenvalue weighted by Crippen LogP contribution is -2.08. The van der Waals surface area contributed by atoms with Gasteiger partial charge >= 0.3 is 6.09 Å². The van der Waals surface area contributed by atoms with E-state index in [2.05, 4.69) is 20.3 Å². The van der Waals surface area contributed by atoms with E-state index in [4.69, 9.17) is 5.11 Å². The summed E-state index contributed by atoms with van der Waals surface area (Å²) < 4.78 is 0. The van der Waals surface area contributed by atoms with Gasteiger partial charge in [0.25, 0.3) is 0 Å². The topological polar surface area (TPSA) is 90.9 Å². The van der Waals surface area contributed by atoms with Crippen LogP contribution in [0.3, 0.4) is 0 Å². The van der Waals surface area contributed by atoms with Gasteiger partial charge in [0.1, 0.15) is 0 Å². The molecule has 0 bridgehead atoms. The fourth-order valence-electron chi connectivity index (χ4n) is 1.14. The van der Waals surface area contributed by atoms with Crippen molar-refractivity contribution >= 4 is 12.0 Å². The van der Waals surface area contributed by atoms with Gasteiger partial charge in [-0.2, -0.15) is 0 Å². The molecule has 2 rings (SSSR count). The number of aromatic amines is 1. The summed E-state index contributed by atoms with van der Waals surface area (Å²) >= 11 is 0. The Kier molecular flexibility index (Phi) is 2.32. The second-order valence-corrected chi connectivity index (χ2v) is 2.79. The van der Waals surface area contributed by atoms with E-state index in [9.17, 15) is 4.79 Å². The number of nitrogens with zero attached hydrogens (tertiary/aromatic N) is 2. The monoisotopic (exact) mass is 204 g/mol. The molecular weight excluding hydrogens is 196 g/mol. The van der Waals surface area contributed by atoms with Gasteiger partial charge in [-0.25, -0.2) is 9.78 Å². The molecule has 1 amide bonds. The highest BCUT2D eigenvalue weighted by atomic mass is 16.4. The van der Waals surface area contributed by atoms with Crippen LogP contribution < -0.4 is 5.32 Å². The van der Waals surface area contributed by atoms with Gasteiger partial charge < -0.3 is 10.1 Å². The molecule has 0 aliphatic heterocycles. The highest BCUT2D eigenvalue weighted by Crippen LogP contribution is 2.14. The predicted molar refractivity (Wildman–Crippen MR) is 53.5 cm³/mol. The van der Waals surface area contributed by atoms with Gasteiger partial charge in [0.2, 0.25) is 5.95 Å². The first-order valence-corrected chi connectivity index (χ1v) is 4.22. The number of rotatable bonds is 2. The molecule has 6 nitrogen and oxygen atoms in total. The van der Waals surface area contributed by atoms with E-state index in [-0.39, 0.29) is 5.95 Å². The third-order valence-corrected chi connectivity index (χ3v) is 1.74. The third-order valence-electron chi connectivity index (χ3n) is 1.74. The van der Waals surface area contributed by atoms with Crippen LogP contribution in [-0.4, -0.2) is 26.2 Å². The maximum absolute atomic E-state index is 10.3. The number of hydrogen-bond donors (Lipinski definition) is 3. The molecule has 2 aromatic rings. The molecule has 0 fully saturated rings. The summed E-state index contributed by atoms with van der Waals surface area (Å²) in [5.41, 5.74) is 1.38. The van der Waals surface area contributed by atoms with Crippen molar-refractivity contribution in [2.45, 2.75) is 0 Å². The van der Waals surface area contributed by atoms with Crippen LogP contribution >= 0.6 is 0 Å². The molecule has 2 aromatic heterocycles. The van der Waals surface area contributed by atoms with Crippen LogP contribution in [0, 0.1) is 0 Å². The number of aromatic nitrogens is 3. The van der Waals surface area contributed by atoms with Crippen molar-refractivity contribution in [3.05, 3.63) is 30.6 Å². The Balaban J connectivity index is 2.24. The highest BCUT2D eigenvalue weighted by Gasteiger charge is 2.05. The molecule has 2 heterocycles. The van der Waals surface area contributed by atoms with Crippen LogP contribution in [-0.2, 0) is 0 Å². The minimum atomic E-state index is -1.16. The Hall–Kier alpha value is -2.37. The van der Waals surface area contributed by atoms with E-state index in [1.807, 2.05) is 6.07 Å². The Morgan fingerprint density at radius 2 is 2.27 bits per heavy atom. The fourth-order valence-corrected chi connectivity index (χ4v) is 1.14. The van der Waals surface area contributed by atoms with Gasteiger partial charge in [-0.1, -0.05) is 6.07 Å². The van der Waals surface area contributed by atoms with E-state index in [0.717, 1.165) is 0 Å². The third kappa shape index (κ3) is 2.11. The van der Waals surface area contributed by atoms with Crippen LogP contribution in [0.25, 0.3) is 11.4 Å². The Morgan fingerprint density at radius 3 is 2.93 bits per heavy atom. The second kappa shape index (κ2) is 3.79. The number of pyridine rings is 1. The number of hydrogen-bond acceptors (Lipinski definition) is 3. The van der Waals surface area contributed by atoms with Crippen molar-refractivity contribution in [3.8, 4) is 11.4 Å². The van der Waals surface area contributed by atoms with E-state index >= 15 is 0 Å². The van der Waals surface area contributed by atoms with Crippen molar-refractivity contribution in [1.29, 1.82) is 0 Å². The molecule has 0 aliphatic carbocycles. The van der Waals surface area contributed by atoms with Crippen molar-refractivity contribution in [1.82, 2.24) is 15.0 Å². The molecule has 76 valence electrons. The zero-order valence-electron chi connectivity index (χ0n) is 7.64. The molecule has 0 saturated heterocycles. The zero-order valence-corrected chi connectivity index (χ0v) is 7.64. The fraction of sp³-hybridized carbons (Fsp3) is 0. The molecule has 0 radical (unpaired) electrons. The Morgan fingerprint density at radius 1 is 1.40 bits per heavy atom. The van der Waals surface area contributed by atoms with Crippen molar-refractivity contribution in [2.24, 2.45) is 0 Å². The summed E-state index contributed by atoms with van der Waals surface area (Å²) in [7, 11) is 0. The molecule has 0 atom stereocenters. The molecule has 0 aliphatic rings. The smallest absolute Gasteiger partial charge is 0.411 e. The maximum atomic E-state index is 10.3. The molecule has 0 spiro atoms. The SMILES string of the molecule is O=C(O)Nc1ncc(-c2ccccn2)[nH]1. The molecule has 6 heteroatoms. The van der Waals surface area contributed by atoms with E-state index in [0.29, 0.717) is 11.4 Å². The van der Waals surface area contributed by atoms with Crippen LogP contribution in [0.5, 0.6) is 0 Å². The van der Waals surface area contributed by atoms with E-state index in [1.165, 1.54) is 6.20 Å². The Bertz CT molecular complexity index is 466.